The lowest BCUT2D eigenvalue weighted by Crippen LogP contribution is -2.20. The summed E-state index contributed by atoms with van der Waals surface area (Å²) in [6, 6.07) is 40.1. The van der Waals surface area contributed by atoms with E-state index >= 15 is 0 Å². The molecule has 234 valence electrons. The molecule has 0 saturated carbocycles. The van der Waals surface area contributed by atoms with Gasteiger partial charge in [0.2, 0.25) is 5.91 Å². The Morgan fingerprint density at radius 2 is 1.58 bits per heavy atom. The van der Waals surface area contributed by atoms with Gasteiger partial charge in [0.1, 0.15) is 16.3 Å². The molecular formula is C40H30N4O3S. The summed E-state index contributed by atoms with van der Waals surface area (Å²) in [7, 11) is 0. The number of carbonyl (C=O) groups is 2. The summed E-state index contributed by atoms with van der Waals surface area (Å²) < 4.78 is 0. The van der Waals surface area contributed by atoms with Crippen molar-refractivity contribution < 1.29 is 14.7 Å². The molecule has 0 spiro atoms. The summed E-state index contributed by atoms with van der Waals surface area (Å²) in [5, 5.41) is 23.4. The summed E-state index contributed by atoms with van der Waals surface area (Å²) in [6.07, 6.45) is 2.62. The molecule has 2 aromatic heterocycles. The summed E-state index contributed by atoms with van der Waals surface area (Å²) in [4.78, 5) is 35.5. The molecule has 0 saturated heterocycles. The Hall–Kier alpha value is -5.78. The van der Waals surface area contributed by atoms with E-state index in [9.17, 15) is 20.0 Å². The number of hydrogen-bond donors (Lipinski definition) is 2. The Balaban J connectivity index is 1.14. The van der Waals surface area contributed by atoms with E-state index in [1.165, 1.54) is 17.3 Å². The van der Waals surface area contributed by atoms with Gasteiger partial charge in [0.05, 0.1) is 22.3 Å². The van der Waals surface area contributed by atoms with Gasteiger partial charge in [-0.05, 0) is 72.2 Å². The van der Waals surface area contributed by atoms with Gasteiger partial charge in [-0.25, -0.2) is 14.8 Å². The lowest BCUT2D eigenvalue weighted by Gasteiger charge is -2.25. The van der Waals surface area contributed by atoms with Crippen LogP contribution in [0.25, 0.3) is 22.2 Å². The maximum Gasteiger partial charge on any atom is 0.336 e. The lowest BCUT2D eigenvalue weighted by atomic mass is 9.82. The molecule has 2 unspecified atom stereocenters. The zero-order chi connectivity index (χ0) is 33.0. The van der Waals surface area contributed by atoms with Crippen LogP contribution in [0.2, 0.25) is 0 Å². The molecule has 2 heterocycles. The van der Waals surface area contributed by atoms with E-state index < -0.39 is 11.2 Å². The van der Waals surface area contributed by atoms with Crippen molar-refractivity contribution in [2.75, 3.05) is 5.32 Å². The Bertz CT molecular complexity index is 2180. The number of nitrogens with zero attached hydrogens (tertiary/aromatic N) is 3. The minimum atomic E-state index is -1.02. The standard InChI is InChI=1S/C40H30N4O3S/c41-24-30-22-29-21-28(25-9-3-1-4-10-25)17-20-34(29)44-39(30)48-37(27-11-5-2-6-12-27)38(45)42-31-18-15-26(16-19-31)36-23-33(40(46)47)32-13-7-8-14-35(32)43-36/h1-16,18-19,22-23,28,37H,17,20-21H2,(H,42,45)(H,46,47). The summed E-state index contributed by atoms with van der Waals surface area (Å²) in [5.41, 5.74) is 7.24. The van der Waals surface area contributed by atoms with E-state index in [-0.39, 0.29) is 11.5 Å². The van der Waals surface area contributed by atoms with Gasteiger partial charge in [0.25, 0.3) is 0 Å². The topological polar surface area (TPSA) is 116 Å². The van der Waals surface area contributed by atoms with Crippen LogP contribution in [-0.2, 0) is 17.6 Å². The molecule has 2 N–H and O–H groups in total. The average Bonchev–Trinajstić information content (AvgIpc) is 3.13. The Morgan fingerprint density at radius 3 is 2.31 bits per heavy atom. The first-order valence-corrected chi connectivity index (χ1v) is 16.6. The van der Waals surface area contributed by atoms with Gasteiger partial charge in [-0.15, -0.1) is 0 Å². The number of rotatable bonds is 8. The van der Waals surface area contributed by atoms with Crippen LogP contribution in [0.5, 0.6) is 0 Å². The number of nitrogens with one attached hydrogen (secondary N) is 1. The summed E-state index contributed by atoms with van der Waals surface area (Å²) in [5.74, 6) is -0.882. The second-order valence-electron chi connectivity index (χ2n) is 11.8. The van der Waals surface area contributed by atoms with Gasteiger partial charge < -0.3 is 10.4 Å². The third-order valence-electron chi connectivity index (χ3n) is 8.71. The van der Waals surface area contributed by atoms with E-state index in [4.69, 9.17) is 4.98 Å². The number of carboxylic acids is 1. The van der Waals surface area contributed by atoms with Gasteiger partial charge >= 0.3 is 5.97 Å². The highest BCUT2D eigenvalue weighted by atomic mass is 32.2. The second kappa shape index (κ2) is 13.5. The Morgan fingerprint density at radius 1 is 0.875 bits per heavy atom. The van der Waals surface area contributed by atoms with Crippen molar-refractivity contribution in [2.24, 2.45) is 0 Å². The highest BCUT2D eigenvalue weighted by Gasteiger charge is 2.27. The van der Waals surface area contributed by atoms with Crippen molar-refractivity contribution in [2.45, 2.75) is 35.5 Å². The summed E-state index contributed by atoms with van der Waals surface area (Å²) in [6.45, 7) is 0. The number of pyridine rings is 2. The monoisotopic (exact) mass is 646 g/mol. The largest absolute Gasteiger partial charge is 0.478 e. The first kappa shape index (κ1) is 30.9. The van der Waals surface area contributed by atoms with E-state index in [1.54, 1.807) is 36.4 Å². The minimum Gasteiger partial charge on any atom is -0.478 e. The normalized spacial score (nSPS) is 14.4. The molecule has 4 aromatic carbocycles. The molecule has 2 atom stereocenters. The highest BCUT2D eigenvalue weighted by molar-refractivity contribution is 8.00. The van der Waals surface area contributed by atoms with Gasteiger partial charge in [0, 0.05) is 22.3 Å². The second-order valence-corrected chi connectivity index (χ2v) is 12.9. The SMILES string of the molecule is N#Cc1cc2c(nc1SC(C(=O)Nc1ccc(-c3cc(C(=O)O)c4ccccc4n3)cc1)c1ccccc1)CCC(c1ccccc1)C2. The molecule has 0 radical (unpaired) electrons. The maximum atomic E-state index is 13.9. The molecule has 0 fully saturated rings. The molecule has 1 amide bonds. The maximum absolute atomic E-state index is 13.9. The van der Waals surface area contributed by atoms with E-state index in [2.05, 4.69) is 40.6 Å². The number of thioether (sulfide) groups is 1. The number of nitriles is 1. The lowest BCUT2D eigenvalue weighted by molar-refractivity contribution is -0.115. The van der Waals surface area contributed by atoms with Crippen molar-refractivity contribution in [3.8, 4) is 17.3 Å². The number of carboxylic acid groups (broad SMARTS) is 1. The van der Waals surface area contributed by atoms with Gasteiger partial charge in [-0.2, -0.15) is 5.26 Å². The zero-order valence-electron chi connectivity index (χ0n) is 25.8. The molecule has 7 rings (SSSR count). The van der Waals surface area contributed by atoms with Crippen LogP contribution in [-0.4, -0.2) is 27.0 Å². The number of benzene rings is 4. The smallest absolute Gasteiger partial charge is 0.336 e. The van der Waals surface area contributed by atoms with Crippen molar-refractivity contribution >= 4 is 40.2 Å². The Labute approximate surface area is 282 Å². The number of hydrogen-bond acceptors (Lipinski definition) is 6. The van der Waals surface area contributed by atoms with Crippen LogP contribution in [0.4, 0.5) is 5.69 Å². The van der Waals surface area contributed by atoms with Crippen molar-refractivity contribution in [1.29, 1.82) is 5.26 Å². The molecule has 48 heavy (non-hydrogen) atoms. The fraction of sp³-hybridized carbons (Fsp3) is 0.125. The average molecular weight is 647 g/mol. The molecule has 8 heteroatoms. The minimum absolute atomic E-state index is 0.180. The predicted molar refractivity (Wildman–Crippen MR) is 188 cm³/mol. The number of amides is 1. The van der Waals surface area contributed by atoms with E-state index in [1.807, 2.05) is 60.7 Å². The Kier molecular flexibility index (Phi) is 8.69. The van der Waals surface area contributed by atoms with Crippen LogP contribution >= 0.6 is 11.8 Å². The van der Waals surface area contributed by atoms with Crippen LogP contribution < -0.4 is 5.32 Å². The van der Waals surface area contributed by atoms with Crippen molar-refractivity contribution in [3.63, 3.8) is 0 Å². The zero-order valence-corrected chi connectivity index (χ0v) is 26.7. The number of carbonyl (C=O) groups excluding carboxylic acids is 1. The third kappa shape index (κ3) is 6.41. The van der Waals surface area contributed by atoms with Crippen LogP contribution in [0.3, 0.4) is 0 Å². The molecule has 1 aliphatic carbocycles. The van der Waals surface area contributed by atoms with Crippen molar-refractivity contribution in [3.05, 3.63) is 155 Å². The highest BCUT2D eigenvalue weighted by Crippen LogP contribution is 2.40. The molecule has 0 aliphatic heterocycles. The number of aromatic nitrogens is 2. The first-order valence-electron chi connectivity index (χ1n) is 15.7. The number of aromatic carboxylic acids is 1. The molecule has 7 nitrogen and oxygen atoms in total. The number of aryl methyl sites for hydroxylation is 1. The fourth-order valence-corrected chi connectivity index (χ4v) is 7.35. The van der Waals surface area contributed by atoms with Crippen LogP contribution in [0, 0.1) is 11.3 Å². The summed E-state index contributed by atoms with van der Waals surface area (Å²) >= 11 is 1.28. The van der Waals surface area contributed by atoms with Gasteiger partial charge in [0.15, 0.2) is 0 Å². The van der Waals surface area contributed by atoms with Crippen LogP contribution in [0.1, 0.15) is 55.9 Å². The predicted octanol–water partition coefficient (Wildman–Crippen LogP) is 8.61. The molecule has 1 aliphatic rings. The third-order valence-corrected chi connectivity index (χ3v) is 9.96. The van der Waals surface area contributed by atoms with E-state index in [0.717, 1.165) is 41.6 Å². The first-order chi connectivity index (χ1) is 23.5. The van der Waals surface area contributed by atoms with Gasteiger partial charge in [-0.3, -0.25) is 4.79 Å². The number of anilines is 1. The quantitative estimate of drug-likeness (QED) is 0.159. The van der Waals surface area contributed by atoms with E-state index in [0.29, 0.717) is 38.8 Å². The molecular weight excluding hydrogens is 617 g/mol. The number of fused-ring (bicyclic) bond motifs is 2. The van der Waals surface area contributed by atoms with Crippen molar-refractivity contribution in [1.82, 2.24) is 9.97 Å². The van der Waals surface area contributed by atoms with Gasteiger partial charge in [-0.1, -0.05) is 103 Å². The number of para-hydroxylation sites is 1. The van der Waals surface area contributed by atoms with Crippen LogP contribution in [0.15, 0.2) is 126 Å². The molecule has 0 bridgehead atoms. The molecule has 6 aromatic rings. The fourth-order valence-electron chi connectivity index (χ4n) is 6.27.